The SMILES string of the molecule is CCCCOc1c(C)cc(NC(=O)[C@@](C)(CCCC)OC)cc1C. The monoisotopic (exact) mass is 335 g/mol. The summed E-state index contributed by atoms with van der Waals surface area (Å²) in [4.78, 5) is 12.6. The van der Waals surface area contributed by atoms with Gasteiger partial charge in [0.25, 0.3) is 5.91 Å². The van der Waals surface area contributed by atoms with Crippen molar-refractivity contribution >= 4 is 11.6 Å². The molecule has 0 saturated carbocycles. The fraction of sp³-hybridized carbons (Fsp3) is 0.650. The maximum absolute atomic E-state index is 12.6. The molecule has 0 spiro atoms. The number of rotatable bonds is 10. The number of unbranched alkanes of at least 4 members (excludes halogenated alkanes) is 2. The number of hydrogen-bond acceptors (Lipinski definition) is 3. The highest BCUT2D eigenvalue weighted by Crippen LogP contribution is 2.28. The van der Waals surface area contributed by atoms with Gasteiger partial charge < -0.3 is 14.8 Å². The Labute approximate surface area is 146 Å². The van der Waals surface area contributed by atoms with Crippen LogP contribution in [0.5, 0.6) is 5.75 Å². The fourth-order valence-corrected chi connectivity index (χ4v) is 2.65. The molecule has 0 bridgehead atoms. The molecule has 1 N–H and O–H groups in total. The van der Waals surface area contributed by atoms with Crippen molar-refractivity contribution in [2.75, 3.05) is 19.0 Å². The average molecular weight is 335 g/mol. The molecule has 0 fully saturated rings. The van der Waals surface area contributed by atoms with E-state index in [-0.39, 0.29) is 5.91 Å². The van der Waals surface area contributed by atoms with Crippen LogP contribution in [-0.4, -0.2) is 25.2 Å². The van der Waals surface area contributed by atoms with Gasteiger partial charge in [-0.1, -0.05) is 33.1 Å². The Kier molecular flexibility index (Phi) is 8.26. The summed E-state index contributed by atoms with van der Waals surface area (Å²) in [6.45, 7) is 10.8. The van der Waals surface area contributed by atoms with Gasteiger partial charge in [0, 0.05) is 12.8 Å². The second kappa shape index (κ2) is 9.67. The van der Waals surface area contributed by atoms with Gasteiger partial charge in [0.05, 0.1) is 6.61 Å². The first-order valence-electron chi connectivity index (χ1n) is 8.98. The smallest absolute Gasteiger partial charge is 0.256 e. The van der Waals surface area contributed by atoms with Crippen molar-refractivity contribution in [1.29, 1.82) is 0 Å². The van der Waals surface area contributed by atoms with Crippen LogP contribution < -0.4 is 10.1 Å². The highest BCUT2D eigenvalue weighted by molar-refractivity contribution is 5.97. The molecule has 0 aromatic heterocycles. The minimum atomic E-state index is -0.798. The number of carbonyl (C=O) groups excluding carboxylic acids is 1. The van der Waals surface area contributed by atoms with Crippen LogP contribution in [0.4, 0.5) is 5.69 Å². The third-order valence-electron chi connectivity index (χ3n) is 4.40. The summed E-state index contributed by atoms with van der Waals surface area (Å²) < 4.78 is 11.4. The molecule has 4 nitrogen and oxygen atoms in total. The van der Waals surface area contributed by atoms with Crippen molar-refractivity contribution in [3.63, 3.8) is 0 Å². The van der Waals surface area contributed by atoms with Crippen LogP contribution in [0.1, 0.15) is 64.0 Å². The first kappa shape index (κ1) is 20.5. The van der Waals surface area contributed by atoms with E-state index in [1.807, 2.05) is 32.9 Å². The number of nitrogens with one attached hydrogen (secondary N) is 1. The number of anilines is 1. The van der Waals surface area contributed by atoms with E-state index in [0.717, 1.165) is 54.9 Å². The molecule has 0 unspecified atom stereocenters. The number of hydrogen-bond donors (Lipinski definition) is 1. The largest absolute Gasteiger partial charge is 0.493 e. The van der Waals surface area contributed by atoms with Crippen LogP contribution in [0, 0.1) is 13.8 Å². The summed E-state index contributed by atoms with van der Waals surface area (Å²) in [5.74, 6) is 0.818. The zero-order valence-electron chi connectivity index (χ0n) is 16.1. The second-order valence-electron chi connectivity index (χ2n) is 6.63. The molecule has 1 atom stereocenters. The lowest BCUT2D eigenvalue weighted by Gasteiger charge is -2.27. The van der Waals surface area contributed by atoms with Gasteiger partial charge >= 0.3 is 0 Å². The molecule has 1 aromatic carbocycles. The second-order valence-corrected chi connectivity index (χ2v) is 6.63. The highest BCUT2D eigenvalue weighted by Gasteiger charge is 2.32. The van der Waals surface area contributed by atoms with Crippen molar-refractivity contribution in [1.82, 2.24) is 0 Å². The van der Waals surface area contributed by atoms with Crippen molar-refractivity contribution < 1.29 is 14.3 Å². The van der Waals surface area contributed by atoms with Gasteiger partial charge in [-0.15, -0.1) is 0 Å². The molecule has 0 radical (unpaired) electrons. The molecule has 1 aromatic rings. The Balaban J connectivity index is 2.86. The van der Waals surface area contributed by atoms with E-state index < -0.39 is 5.60 Å². The summed E-state index contributed by atoms with van der Waals surface area (Å²) >= 11 is 0. The van der Waals surface area contributed by atoms with E-state index in [4.69, 9.17) is 9.47 Å². The topological polar surface area (TPSA) is 47.6 Å². The lowest BCUT2D eigenvalue weighted by atomic mass is 9.97. The predicted molar refractivity (Wildman–Crippen MR) is 99.9 cm³/mol. The molecule has 0 aliphatic rings. The van der Waals surface area contributed by atoms with Gasteiger partial charge in [0.1, 0.15) is 11.4 Å². The van der Waals surface area contributed by atoms with Crippen LogP contribution in [0.25, 0.3) is 0 Å². The van der Waals surface area contributed by atoms with Crippen molar-refractivity contribution in [2.24, 2.45) is 0 Å². The standard InChI is InChI=1S/C20H33NO3/c1-7-9-11-20(5,23-6)19(22)21-17-13-15(3)18(16(4)14-17)24-12-10-8-2/h13-14H,7-12H2,1-6H3,(H,21,22)/t20-/m1/s1. The van der Waals surface area contributed by atoms with E-state index in [1.165, 1.54) is 0 Å². The van der Waals surface area contributed by atoms with Crippen molar-refractivity contribution in [2.45, 2.75) is 72.3 Å². The van der Waals surface area contributed by atoms with E-state index in [1.54, 1.807) is 7.11 Å². The number of ether oxygens (including phenoxy) is 2. The third kappa shape index (κ3) is 5.52. The quantitative estimate of drug-likeness (QED) is 0.611. The molecule has 24 heavy (non-hydrogen) atoms. The molecule has 0 aliphatic heterocycles. The number of amides is 1. The van der Waals surface area contributed by atoms with E-state index >= 15 is 0 Å². The lowest BCUT2D eigenvalue weighted by Crippen LogP contribution is -2.41. The minimum absolute atomic E-state index is 0.100. The molecule has 1 amide bonds. The molecule has 4 heteroatoms. The van der Waals surface area contributed by atoms with Crippen LogP contribution in [0.3, 0.4) is 0 Å². The van der Waals surface area contributed by atoms with E-state index in [2.05, 4.69) is 19.2 Å². The summed E-state index contributed by atoms with van der Waals surface area (Å²) in [5.41, 5.74) is 2.06. The normalized spacial score (nSPS) is 13.4. The number of methoxy groups -OCH3 is 1. The lowest BCUT2D eigenvalue weighted by molar-refractivity contribution is -0.136. The van der Waals surface area contributed by atoms with Gasteiger partial charge in [0.15, 0.2) is 0 Å². The molecular formula is C20H33NO3. The summed E-state index contributed by atoms with van der Waals surface area (Å²) in [6, 6.07) is 3.92. The Morgan fingerprint density at radius 3 is 2.21 bits per heavy atom. The van der Waals surface area contributed by atoms with Crippen LogP contribution >= 0.6 is 0 Å². The average Bonchev–Trinajstić information content (AvgIpc) is 2.55. The van der Waals surface area contributed by atoms with Crippen molar-refractivity contribution in [3.05, 3.63) is 23.3 Å². The van der Waals surface area contributed by atoms with Gasteiger partial charge in [-0.3, -0.25) is 4.79 Å². The number of carbonyl (C=O) groups is 1. The molecule has 1 rings (SSSR count). The fourth-order valence-electron chi connectivity index (χ4n) is 2.65. The Morgan fingerprint density at radius 2 is 1.71 bits per heavy atom. The minimum Gasteiger partial charge on any atom is -0.493 e. The molecule has 0 heterocycles. The maximum atomic E-state index is 12.6. The zero-order chi connectivity index (χ0) is 18.2. The number of benzene rings is 1. The molecule has 0 saturated heterocycles. The Hall–Kier alpha value is -1.55. The zero-order valence-corrected chi connectivity index (χ0v) is 16.1. The summed E-state index contributed by atoms with van der Waals surface area (Å²) in [5, 5.41) is 3.00. The summed E-state index contributed by atoms with van der Waals surface area (Å²) in [7, 11) is 1.59. The van der Waals surface area contributed by atoms with E-state index in [0.29, 0.717) is 6.42 Å². The van der Waals surface area contributed by atoms with Crippen LogP contribution in [-0.2, 0) is 9.53 Å². The van der Waals surface area contributed by atoms with Gasteiger partial charge in [0.2, 0.25) is 0 Å². The predicted octanol–water partition coefficient (Wildman–Crippen LogP) is 5.02. The Morgan fingerprint density at radius 1 is 1.12 bits per heavy atom. The molecule has 0 aliphatic carbocycles. The highest BCUT2D eigenvalue weighted by atomic mass is 16.5. The Bertz CT molecular complexity index is 519. The maximum Gasteiger partial charge on any atom is 0.256 e. The third-order valence-corrected chi connectivity index (χ3v) is 4.40. The first-order chi connectivity index (χ1) is 11.4. The molecule has 136 valence electrons. The van der Waals surface area contributed by atoms with Gasteiger partial charge in [-0.05, 0) is 56.9 Å². The van der Waals surface area contributed by atoms with Crippen molar-refractivity contribution in [3.8, 4) is 5.75 Å². The van der Waals surface area contributed by atoms with Crippen LogP contribution in [0.15, 0.2) is 12.1 Å². The van der Waals surface area contributed by atoms with Gasteiger partial charge in [-0.25, -0.2) is 0 Å². The first-order valence-corrected chi connectivity index (χ1v) is 8.98. The molecular weight excluding hydrogens is 302 g/mol. The van der Waals surface area contributed by atoms with E-state index in [9.17, 15) is 4.79 Å². The summed E-state index contributed by atoms with van der Waals surface area (Å²) in [6.07, 6.45) is 4.86. The van der Waals surface area contributed by atoms with Gasteiger partial charge in [-0.2, -0.15) is 0 Å². The van der Waals surface area contributed by atoms with Crippen LogP contribution in [0.2, 0.25) is 0 Å². The number of aryl methyl sites for hydroxylation is 2.